The van der Waals surface area contributed by atoms with Crippen molar-refractivity contribution in [3.63, 3.8) is 0 Å². The zero-order valence-electron chi connectivity index (χ0n) is 9.57. The van der Waals surface area contributed by atoms with Gasteiger partial charge in [0.25, 0.3) is 5.56 Å². The van der Waals surface area contributed by atoms with Crippen molar-refractivity contribution in [2.24, 2.45) is 0 Å². The van der Waals surface area contributed by atoms with Crippen molar-refractivity contribution >= 4 is 15.9 Å². The van der Waals surface area contributed by atoms with Gasteiger partial charge < -0.3 is 9.47 Å². The largest absolute Gasteiger partial charge is 0.382 e. The number of aromatic amines is 1. The van der Waals surface area contributed by atoms with Crippen LogP contribution in [0.4, 0.5) is 0 Å². The Labute approximate surface area is 107 Å². The lowest BCUT2D eigenvalue weighted by molar-refractivity contribution is 0.0679. The maximum Gasteiger partial charge on any atom is 0.328 e. The molecular formula is C10H15BrN2O4. The average Bonchev–Trinajstić information content (AvgIpc) is 2.30. The maximum atomic E-state index is 11.4. The number of hydrogen-bond donors (Lipinski definition) is 1. The Morgan fingerprint density at radius 2 is 2.12 bits per heavy atom. The van der Waals surface area contributed by atoms with Crippen LogP contribution in [-0.2, 0) is 16.0 Å². The first kappa shape index (κ1) is 14.1. The van der Waals surface area contributed by atoms with E-state index in [1.54, 1.807) is 7.11 Å². The highest BCUT2D eigenvalue weighted by molar-refractivity contribution is 9.10. The fourth-order valence-electron chi connectivity index (χ4n) is 1.23. The molecule has 1 N–H and O–H groups in total. The molecule has 0 spiro atoms. The van der Waals surface area contributed by atoms with Crippen LogP contribution < -0.4 is 11.2 Å². The van der Waals surface area contributed by atoms with E-state index in [1.807, 2.05) is 0 Å². The molecule has 0 amide bonds. The second-order valence-corrected chi connectivity index (χ2v) is 4.24. The van der Waals surface area contributed by atoms with Gasteiger partial charge in [-0.05, 0) is 22.4 Å². The molecule has 0 aromatic carbocycles. The number of ether oxygens (including phenoxy) is 2. The molecule has 17 heavy (non-hydrogen) atoms. The summed E-state index contributed by atoms with van der Waals surface area (Å²) in [4.78, 5) is 24.7. The van der Waals surface area contributed by atoms with Crippen LogP contribution in [0.3, 0.4) is 0 Å². The van der Waals surface area contributed by atoms with E-state index < -0.39 is 11.2 Å². The predicted molar refractivity (Wildman–Crippen MR) is 66.3 cm³/mol. The molecule has 1 heterocycles. The maximum absolute atomic E-state index is 11.4. The minimum absolute atomic E-state index is 0.345. The van der Waals surface area contributed by atoms with E-state index in [0.717, 1.165) is 0 Å². The van der Waals surface area contributed by atoms with Crippen LogP contribution in [0.2, 0.25) is 0 Å². The molecule has 0 bridgehead atoms. The second-order valence-electron chi connectivity index (χ2n) is 3.39. The predicted octanol–water partition coefficient (Wildman–Crippen LogP) is 0.352. The summed E-state index contributed by atoms with van der Waals surface area (Å²) >= 11 is 3.07. The average molecular weight is 307 g/mol. The molecule has 1 rings (SSSR count). The Morgan fingerprint density at radius 3 is 2.82 bits per heavy atom. The SMILES string of the molecule is COCCOCCCn1cc(Br)c(=O)[nH]c1=O. The molecule has 0 saturated heterocycles. The van der Waals surface area contributed by atoms with Crippen molar-refractivity contribution in [2.45, 2.75) is 13.0 Å². The van der Waals surface area contributed by atoms with Crippen molar-refractivity contribution in [1.82, 2.24) is 9.55 Å². The van der Waals surface area contributed by atoms with Crippen LogP contribution in [0.15, 0.2) is 20.3 Å². The van der Waals surface area contributed by atoms with Crippen LogP contribution >= 0.6 is 15.9 Å². The topological polar surface area (TPSA) is 73.3 Å². The zero-order valence-corrected chi connectivity index (χ0v) is 11.2. The van der Waals surface area contributed by atoms with Crippen LogP contribution in [-0.4, -0.2) is 36.5 Å². The Kier molecular flexibility index (Phi) is 6.17. The monoisotopic (exact) mass is 306 g/mol. The molecule has 6 nitrogen and oxygen atoms in total. The number of H-pyrrole nitrogens is 1. The summed E-state index contributed by atoms with van der Waals surface area (Å²) in [6.07, 6.45) is 2.18. The second kappa shape index (κ2) is 7.41. The van der Waals surface area contributed by atoms with Gasteiger partial charge in [0.1, 0.15) is 0 Å². The van der Waals surface area contributed by atoms with Crippen LogP contribution in [0, 0.1) is 0 Å². The van der Waals surface area contributed by atoms with Crippen molar-refractivity contribution in [3.05, 3.63) is 31.5 Å². The third-order valence-corrected chi connectivity index (χ3v) is 2.65. The van der Waals surface area contributed by atoms with E-state index in [2.05, 4.69) is 20.9 Å². The van der Waals surface area contributed by atoms with Gasteiger partial charge in [0.15, 0.2) is 0 Å². The van der Waals surface area contributed by atoms with Gasteiger partial charge in [-0.1, -0.05) is 0 Å². The molecule has 0 aliphatic rings. The number of rotatable bonds is 7. The van der Waals surface area contributed by atoms with E-state index in [0.29, 0.717) is 37.3 Å². The fourth-order valence-corrected chi connectivity index (χ4v) is 1.58. The molecule has 0 aliphatic carbocycles. The lowest BCUT2D eigenvalue weighted by atomic mass is 10.4. The smallest absolute Gasteiger partial charge is 0.328 e. The first-order valence-corrected chi connectivity index (χ1v) is 6.00. The van der Waals surface area contributed by atoms with E-state index in [9.17, 15) is 9.59 Å². The zero-order chi connectivity index (χ0) is 12.7. The van der Waals surface area contributed by atoms with Crippen molar-refractivity contribution in [3.8, 4) is 0 Å². The first-order chi connectivity index (χ1) is 8.15. The third-order valence-electron chi connectivity index (χ3n) is 2.09. The molecule has 0 radical (unpaired) electrons. The molecule has 0 unspecified atom stereocenters. The number of halogens is 1. The molecule has 0 saturated carbocycles. The molecule has 7 heteroatoms. The molecule has 1 aromatic heterocycles. The van der Waals surface area contributed by atoms with E-state index in [1.165, 1.54) is 10.8 Å². The molecular weight excluding hydrogens is 292 g/mol. The molecule has 0 atom stereocenters. The lowest BCUT2D eigenvalue weighted by Gasteiger charge is -2.06. The summed E-state index contributed by atoms with van der Waals surface area (Å²) < 4.78 is 11.9. The summed E-state index contributed by atoms with van der Waals surface area (Å²) in [7, 11) is 1.61. The van der Waals surface area contributed by atoms with E-state index in [-0.39, 0.29) is 0 Å². The Bertz CT molecular complexity index is 454. The van der Waals surface area contributed by atoms with Gasteiger partial charge in [0.05, 0.1) is 17.7 Å². The summed E-state index contributed by atoms with van der Waals surface area (Å²) in [6.45, 7) is 2.15. The Balaban J connectivity index is 2.39. The number of hydrogen-bond acceptors (Lipinski definition) is 4. The summed E-state index contributed by atoms with van der Waals surface area (Å²) in [5.74, 6) is 0. The van der Waals surface area contributed by atoms with Crippen LogP contribution in [0.5, 0.6) is 0 Å². The van der Waals surface area contributed by atoms with E-state index in [4.69, 9.17) is 9.47 Å². The first-order valence-electron chi connectivity index (χ1n) is 5.21. The van der Waals surface area contributed by atoms with Gasteiger partial charge in [0, 0.05) is 26.5 Å². The number of nitrogens with one attached hydrogen (secondary N) is 1. The minimum atomic E-state index is -0.414. The number of methoxy groups -OCH3 is 1. The van der Waals surface area contributed by atoms with Gasteiger partial charge in [-0.15, -0.1) is 0 Å². The molecule has 96 valence electrons. The highest BCUT2D eigenvalue weighted by atomic mass is 79.9. The molecule has 0 aliphatic heterocycles. The van der Waals surface area contributed by atoms with Gasteiger partial charge in [-0.2, -0.15) is 0 Å². The van der Waals surface area contributed by atoms with Gasteiger partial charge in [-0.25, -0.2) is 4.79 Å². The highest BCUT2D eigenvalue weighted by Crippen LogP contribution is 1.98. The summed E-state index contributed by atoms with van der Waals surface area (Å²) in [5, 5.41) is 0. The normalized spacial score (nSPS) is 10.7. The van der Waals surface area contributed by atoms with Gasteiger partial charge in [-0.3, -0.25) is 14.3 Å². The molecule has 1 aromatic rings. The van der Waals surface area contributed by atoms with Gasteiger partial charge >= 0.3 is 5.69 Å². The summed E-state index contributed by atoms with van der Waals surface area (Å²) in [6, 6.07) is 0. The number of nitrogens with zero attached hydrogens (tertiary/aromatic N) is 1. The minimum Gasteiger partial charge on any atom is -0.382 e. The van der Waals surface area contributed by atoms with Gasteiger partial charge in [0.2, 0.25) is 0 Å². The Morgan fingerprint density at radius 1 is 1.35 bits per heavy atom. The highest BCUT2D eigenvalue weighted by Gasteiger charge is 2.01. The quantitative estimate of drug-likeness (QED) is 0.738. The van der Waals surface area contributed by atoms with E-state index >= 15 is 0 Å². The molecule has 0 fully saturated rings. The number of aryl methyl sites for hydroxylation is 1. The third kappa shape index (κ3) is 4.84. The van der Waals surface area contributed by atoms with Crippen LogP contribution in [0.25, 0.3) is 0 Å². The van der Waals surface area contributed by atoms with Crippen molar-refractivity contribution in [1.29, 1.82) is 0 Å². The fraction of sp³-hybridized carbons (Fsp3) is 0.600. The lowest BCUT2D eigenvalue weighted by Crippen LogP contribution is -2.30. The van der Waals surface area contributed by atoms with Crippen molar-refractivity contribution < 1.29 is 9.47 Å². The summed E-state index contributed by atoms with van der Waals surface area (Å²) in [5.41, 5.74) is -0.822. The van der Waals surface area contributed by atoms with Crippen LogP contribution in [0.1, 0.15) is 6.42 Å². The Hall–Kier alpha value is -0.920. The number of aromatic nitrogens is 2. The van der Waals surface area contributed by atoms with Crippen molar-refractivity contribution in [2.75, 3.05) is 26.9 Å². The standard InChI is InChI=1S/C10H15BrN2O4/c1-16-5-6-17-4-2-3-13-7-8(11)9(14)12-10(13)15/h7H,2-6H2,1H3,(H,12,14,15).